The van der Waals surface area contributed by atoms with Crippen LogP contribution in [0.3, 0.4) is 0 Å². The van der Waals surface area contributed by atoms with Gasteiger partial charge in [-0.2, -0.15) is 0 Å². The summed E-state index contributed by atoms with van der Waals surface area (Å²) in [7, 11) is 1.60. The van der Waals surface area contributed by atoms with E-state index < -0.39 is 11.6 Å². The number of rotatable bonds is 5. The van der Waals surface area contributed by atoms with Crippen LogP contribution in [-0.4, -0.2) is 23.3 Å². The summed E-state index contributed by atoms with van der Waals surface area (Å²) in [5.74, 6) is -0.753. The van der Waals surface area contributed by atoms with Gasteiger partial charge in [-0.15, -0.1) is 0 Å². The molecule has 4 nitrogen and oxygen atoms in total. The molecule has 2 rings (SSSR count). The number of hydrogen-bond donors (Lipinski definition) is 1. The molecular formula is C12H13F2N3O. The third-order valence-corrected chi connectivity index (χ3v) is 2.37. The summed E-state index contributed by atoms with van der Waals surface area (Å²) in [5, 5.41) is 2.86. The van der Waals surface area contributed by atoms with Crippen LogP contribution in [0.1, 0.15) is 0 Å². The van der Waals surface area contributed by atoms with Gasteiger partial charge in [-0.1, -0.05) is 0 Å². The number of aromatic nitrogens is 2. The fraction of sp³-hybridized carbons (Fsp3) is 0.250. The molecule has 0 aliphatic heterocycles. The number of benzene rings is 1. The van der Waals surface area contributed by atoms with Crippen LogP contribution in [0, 0.1) is 11.6 Å². The molecule has 1 aromatic heterocycles. The molecule has 96 valence electrons. The first-order valence-corrected chi connectivity index (χ1v) is 5.42. The van der Waals surface area contributed by atoms with E-state index in [4.69, 9.17) is 4.74 Å². The molecule has 0 amide bonds. The van der Waals surface area contributed by atoms with E-state index >= 15 is 0 Å². The number of halogens is 2. The average molecular weight is 253 g/mol. The molecule has 0 aliphatic carbocycles. The van der Waals surface area contributed by atoms with Crippen molar-refractivity contribution >= 4 is 11.6 Å². The second-order valence-electron chi connectivity index (χ2n) is 3.72. The molecule has 2 aromatic rings. The zero-order valence-corrected chi connectivity index (χ0v) is 9.86. The van der Waals surface area contributed by atoms with Crippen molar-refractivity contribution in [1.82, 2.24) is 9.55 Å². The van der Waals surface area contributed by atoms with Crippen molar-refractivity contribution < 1.29 is 13.5 Å². The molecule has 1 N–H and O–H groups in total. The second kappa shape index (κ2) is 5.59. The summed E-state index contributed by atoms with van der Waals surface area (Å²) in [6.45, 7) is 1.14. The highest BCUT2D eigenvalue weighted by molar-refractivity contribution is 5.53. The van der Waals surface area contributed by atoms with Crippen LogP contribution in [0.5, 0.6) is 0 Å². The van der Waals surface area contributed by atoms with E-state index in [1.807, 2.05) is 0 Å². The zero-order chi connectivity index (χ0) is 13.0. The summed E-state index contributed by atoms with van der Waals surface area (Å²) in [4.78, 5) is 4.08. The largest absolute Gasteiger partial charge is 0.383 e. The first-order valence-electron chi connectivity index (χ1n) is 5.42. The third-order valence-electron chi connectivity index (χ3n) is 2.37. The SMILES string of the molecule is COCCn1ccnc1Nc1cc(F)cc(F)c1. The molecule has 0 aliphatic rings. The topological polar surface area (TPSA) is 39.1 Å². The fourth-order valence-corrected chi connectivity index (χ4v) is 1.56. The molecular weight excluding hydrogens is 240 g/mol. The highest BCUT2D eigenvalue weighted by Gasteiger charge is 2.05. The molecule has 18 heavy (non-hydrogen) atoms. The van der Waals surface area contributed by atoms with Gasteiger partial charge in [0.15, 0.2) is 0 Å². The molecule has 0 unspecified atom stereocenters. The lowest BCUT2D eigenvalue weighted by molar-refractivity contribution is 0.188. The van der Waals surface area contributed by atoms with Crippen LogP contribution in [0.25, 0.3) is 0 Å². The lowest BCUT2D eigenvalue weighted by Crippen LogP contribution is -2.07. The minimum Gasteiger partial charge on any atom is -0.383 e. The number of nitrogens with one attached hydrogen (secondary N) is 1. The number of hydrogen-bond acceptors (Lipinski definition) is 3. The molecule has 0 bridgehead atoms. The van der Waals surface area contributed by atoms with Crippen molar-refractivity contribution in [2.75, 3.05) is 19.0 Å². The van der Waals surface area contributed by atoms with Crippen LogP contribution < -0.4 is 5.32 Å². The smallest absolute Gasteiger partial charge is 0.207 e. The average Bonchev–Trinajstić information content (AvgIpc) is 2.72. The number of ether oxygens (including phenoxy) is 1. The minimum absolute atomic E-state index is 0.317. The summed E-state index contributed by atoms with van der Waals surface area (Å²) in [5.41, 5.74) is 0.317. The van der Waals surface area contributed by atoms with Crippen molar-refractivity contribution in [2.45, 2.75) is 6.54 Å². The van der Waals surface area contributed by atoms with E-state index in [0.29, 0.717) is 24.8 Å². The first-order chi connectivity index (χ1) is 8.69. The van der Waals surface area contributed by atoms with Gasteiger partial charge in [-0.3, -0.25) is 0 Å². The first kappa shape index (κ1) is 12.5. The quantitative estimate of drug-likeness (QED) is 0.890. The molecule has 6 heteroatoms. The Bertz CT molecular complexity index is 508. The summed E-state index contributed by atoms with van der Waals surface area (Å²) >= 11 is 0. The Balaban J connectivity index is 2.15. The number of anilines is 2. The highest BCUT2D eigenvalue weighted by atomic mass is 19.1. The van der Waals surface area contributed by atoms with Crippen LogP contribution in [0.15, 0.2) is 30.6 Å². The maximum Gasteiger partial charge on any atom is 0.207 e. The monoisotopic (exact) mass is 253 g/mol. The van der Waals surface area contributed by atoms with Gasteiger partial charge in [0.25, 0.3) is 0 Å². The number of nitrogens with zero attached hydrogens (tertiary/aromatic N) is 2. The van der Waals surface area contributed by atoms with Crippen molar-refractivity contribution in [3.63, 3.8) is 0 Å². The molecule has 0 atom stereocenters. The van der Waals surface area contributed by atoms with Gasteiger partial charge in [-0.05, 0) is 12.1 Å². The predicted octanol–water partition coefficient (Wildman–Crippen LogP) is 2.55. The van der Waals surface area contributed by atoms with Crippen molar-refractivity contribution in [1.29, 1.82) is 0 Å². The van der Waals surface area contributed by atoms with Crippen LogP contribution in [0.4, 0.5) is 20.4 Å². The summed E-state index contributed by atoms with van der Waals surface area (Å²) < 4.78 is 32.8. The van der Waals surface area contributed by atoms with Crippen LogP contribution >= 0.6 is 0 Å². The van der Waals surface area contributed by atoms with E-state index in [9.17, 15) is 8.78 Å². The fourth-order valence-electron chi connectivity index (χ4n) is 1.56. The number of imidazole rings is 1. The standard InChI is InChI=1S/C12H13F2N3O/c1-18-5-4-17-3-2-15-12(17)16-11-7-9(13)6-10(14)8-11/h2-3,6-8H,4-5H2,1H3,(H,15,16). The Morgan fingerprint density at radius 3 is 2.67 bits per heavy atom. The third kappa shape index (κ3) is 3.04. The zero-order valence-electron chi connectivity index (χ0n) is 9.86. The summed E-state index contributed by atoms with van der Waals surface area (Å²) in [6.07, 6.45) is 3.37. The second-order valence-corrected chi connectivity index (χ2v) is 3.72. The molecule has 1 aromatic carbocycles. The Kier molecular flexibility index (Phi) is 3.88. The lowest BCUT2D eigenvalue weighted by atomic mass is 10.3. The highest BCUT2D eigenvalue weighted by Crippen LogP contribution is 2.17. The van der Waals surface area contributed by atoms with E-state index in [1.165, 1.54) is 12.1 Å². The maximum absolute atomic E-state index is 13.0. The van der Waals surface area contributed by atoms with E-state index in [1.54, 1.807) is 24.1 Å². The van der Waals surface area contributed by atoms with E-state index in [2.05, 4.69) is 10.3 Å². The molecule has 0 spiro atoms. The van der Waals surface area contributed by atoms with Crippen LogP contribution in [-0.2, 0) is 11.3 Å². The summed E-state index contributed by atoms with van der Waals surface area (Å²) in [6, 6.07) is 3.24. The Morgan fingerprint density at radius 2 is 2.00 bits per heavy atom. The lowest BCUT2D eigenvalue weighted by Gasteiger charge is -2.09. The number of methoxy groups -OCH3 is 1. The molecule has 0 radical (unpaired) electrons. The minimum atomic E-state index is -0.632. The normalized spacial score (nSPS) is 10.6. The van der Waals surface area contributed by atoms with E-state index in [-0.39, 0.29) is 0 Å². The molecule has 0 saturated carbocycles. The van der Waals surface area contributed by atoms with Crippen LogP contribution in [0.2, 0.25) is 0 Å². The van der Waals surface area contributed by atoms with Gasteiger partial charge in [0, 0.05) is 37.8 Å². The Hall–Kier alpha value is -1.95. The van der Waals surface area contributed by atoms with E-state index in [0.717, 1.165) is 6.07 Å². The van der Waals surface area contributed by atoms with Gasteiger partial charge >= 0.3 is 0 Å². The van der Waals surface area contributed by atoms with Gasteiger partial charge in [0.1, 0.15) is 11.6 Å². The van der Waals surface area contributed by atoms with Crippen molar-refractivity contribution in [2.24, 2.45) is 0 Å². The van der Waals surface area contributed by atoms with Gasteiger partial charge in [-0.25, -0.2) is 13.8 Å². The molecule has 1 heterocycles. The molecule has 0 fully saturated rings. The predicted molar refractivity (Wildman–Crippen MR) is 63.7 cm³/mol. The Morgan fingerprint density at radius 1 is 1.28 bits per heavy atom. The van der Waals surface area contributed by atoms with Gasteiger partial charge in [0.2, 0.25) is 5.95 Å². The maximum atomic E-state index is 13.0. The van der Waals surface area contributed by atoms with Gasteiger partial charge in [0.05, 0.1) is 6.61 Å². The Labute approximate surface area is 103 Å². The van der Waals surface area contributed by atoms with Gasteiger partial charge < -0.3 is 14.6 Å². The van der Waals surface area contributed by atoms with Crippen molar-refractivity contribution in [3.8, 4) is 0 Å². The molecule has 0 saturated heterocycles. The van der Waals surface area contributed by atoms with Crippen molar-refractivity contribution in [3.05, 3.63) is 42.2 Å².